The van der Waals surface area contributed by atoms with Crippen molar-refractivity contribution < 1.29 is 4.43 Å². The molecule has 0 N–H and O–H groups in total. The fourth-order valence-electron chi connectivity index (χ4n) is 0.683. The minimum atomic E-state index is -0.284. The molecule has 0 spiro atoms. The van der Waals surface area contributed by atoms with Crippen molar-refractivity contribution in [3.8, 4) is 5.75 Å². The van der Waals surface area contributed by atoms with Gasteiger partial charge in [-0.3, -0.25) is 0 Å². The molecule has 0 radical (unpaired) electrons. The van der Waals surface area contributed by atoms with Crippen molar-refractivity contribution >= 4 is 34.6 Å². The van der Waals surface area contributed by atoms with Crippen molar-refractivity contribution in [1.29, 1.82) is 0 Å². The first-order valence-electron chi connectivity index (χ1n) is 3.11. The molecule has 0 aliphatic carbocycles. The lowest BCUT2D eigenvalue weighted by atomic mass is 10.3. The molecule has 0 heterocycles. The first-order chi connectivity index (χ1) is 4.43. The van der Waals surface area contributed by atoms with Crippen molar-refractivity contribution in [2.75, 3.05) is 0 Å². The van der Waals surface area contributed by atoms with Crippen LogP contribution in [-0.2, 0) is 0 Å². The molecule has 0 amide bonds. The van der Waals surface area contributed by atoms with E-state index >= 15 is 0 Å². The number of para-hydroxylation sites is 1. The van der Waals surface area contributed by atoms with Crippen LogP contribution >= 0.6 is 24.8 Å². The van der Waals surface area contributed by atoms with Crippen LogP contribution in [0.2, 0.25) is 6.55 Å². The topological polar surface area (TPSA) is 9.23 Å². The maximum atomic E-state index is 5.34. The smallest absolute Gasteiger partial charge is 0.216 e. The molecule has 0 bridgehead atoms. The molecule has 11 heavy (non-hydrogen) atoms. The van der Waals surface area contributed by atoms with E-state index in [9.17, 15) is 0 Å². The molecule has 1 nitrogen and oxygen atoms in total. The first-order valence-corrected chi connectivity index (χ1v) is 5.10. The fourth-order valence-corrected chi connectivity index (χ4v) is 1.21. The van der Waals surface area contributed by atoms with Gasteiger partial charge in [0, 0.05) is 0 Å². The number of halogens is 2. The summed E-state index contributed by atoms with van der Waals surface area (Å²) in [7, 11) is -0.284. The van der Waals surface area contributed by atoms with Crippen LogP contribution in [0.15, 0.2) is 30.3 Å². The molecular weight excluding hydrogens is 199 g/mol. The van der Waals surface area contributed by atoms with Gasteiger partial charge in [0.25, 0.3) is 0 Å². The van der Waals surface area contributed by atoms with Crippen LogP contribution in [0, 0.1) is 0 Å². The van der Waals surface area contributed by atoms with Gasteiger partial charge >= 0.3 is 0 Å². The van der Waals surface area contributed by atoms with Gasteiger partial charge in [0.2, 0.25) is 9.76 Å². The largest absolute Gasteiger partial charge is 0.550 e. The summed E-state index contributed by atoms with van der Waals surface area (Å²) in [4.78, 5) is 0. The Morgan fingerprint density at radius 2 is 1.64 bits per heavy atom. The van der Waals surface area contributed by atoms with E-state index in [1.54, 1.807) is 0 Å². The molecule has 1 aromatic carbocycles. The number of benzene rings is 1. The number of rotatable bonds is 2. The fraction of sp³-hybridized carbons (Fsp3) is 0.143. The van der Waals surface area contributed by atoms with E-state index < -0.39 is 0 Å². The zero-order valence-corrected chi connectivity index (χ0v) is 9.37. The molecule has 0 aliphatic heterocycles. The second-order valence-corrected chi connectivity index (χ2v) is 2.61. The Morgan fingerprint density at radius 1 is 1.09 bits per heavy atom. The summed E-state index contributed by atoms with van der Waals surface area (Å²) >= 11 is 0. The molecule has 64 valence electrons. The van der Waals surface area contributed by atoms with Gasteiger partial charge in [-0.1, -0.05) is 18.2 Å². The summed E-state index contributed by atoms with van der Waals surface area (Å²) in [6.45, 7) is 2.12. The summed E-state index contributed by atoms with van der Waals surface area (Å²) in [6.07, 6.45) is 0. The van der Waals surface area contributed by atoms with Crippen LogP contribution < -0.4 is 4.43 Å². The predicted octanol–water partition coefficient (Wildman–Crippen LogP) is 2.04. The van der Waals surface area contributed by atoms with Crippen LogP contribution in [0.25, 0.3) is 0 Å². The van der Waals surface area contributed by atoms with Crippen molar-refractivity contribution in [2.24, 2.45) is 0 Å². The molecule has 0 atom stereocenters. The van der Waals surface area contributed by atoms with Crippen LogP contribution in [0.3, 0.4) is 0 Å². The van der Waals surface area contributed by atoms with E-state index in [1.165, 1.54) is 0 Å². The molecular formula is C7H12Cl2OSi. The first kappa shape index (κ1) is 13.4. The van der Waals surface area contributed by atoms with E-state index in [2.05, 4.69) is 6.55 Å². The van der Waals surface area contributed by atoms with Crippen LogP contribution in [0.4, 0.5) is 0 Å². The molecule has 0 unspecified atom stereocenters. The van der Waals surface area contributed by atoms with E-state index in [0.29, 0.717) is 0 Å². The molecule has 0 aliphatic rings. The van der Waals surface area contributed by atoms with Gasteiger partial charge in [0.05, 0.1) is 0 Å². The molecule has 0 saturated heterocycles. The third-order valence-corrected chi connectivity index (χ3v) is 1.68. The zero-order chi connectivity index (χ0) is 6.53. The Bertz CT molecular complexity index is 169. The second kappa shape index (κ2) is 7.92. The summed E-state index contributed by atoms with van der Waals surface area (Å²) in [5.74, 6) is 1.01. The Labute approximate surface area is 81.9 Å². The zero-order valence-electron chi connectivity index (χ0n) is 6.32. The lowest BCUT2D eigenvalue weighted by Crippen LogP contribution is -1.94. The lowest BCUT2D eigenvalue weighted by molar-refractivity contribution is 0.600. The van der Waals surface area contributed by atoms with E-state index in [0.717, 1.165) is 5.75 Å². The highest BCUT2D eigenvalue weighted by molar-refractivity contribution is 6.26. The van der Waals surface area contributed by atoms with Gasteiger partial charge in [-0.2, -0.15) is 0 Å². The van der Waals surface area contributed by atoms with E-state index in [4.69, 9.17) is 4.43 Å². The molecule has 0 fully saturated rings. The number of hydrogen-bond acceptors (Lipinski definition) is 1. The summed E-state index contributed by atoms with van der Waals surface area (Å²) in [5, 5.41) is 0. The van der Waals surface area contributed by atoms with Crippen LogP contribution in [0.1, 0.15) is 0 Å². The average Bonchev–Trinajstić information content (AvgIpc) is 1.91. The van der Waals surface area contributed by atoms with Crippen LogP contribution in [0.5, 0.6) is 5.75 Å². The molecule has 4 heteroatoms. The molecule has 0 saturated carbocycles. The molecule has 1 rings (SSSR count). The Balaban J connectivity index is 0. The van der Waals surface area contributed by atoms with Gasteiger partial charge in [-0.05, 0) is 18.7 Å². The van der Waals surface area contributed by atoms with Gasteiger partial charge in [0.1, 0.15) is 5.75 Å². The van der Waals surface area contributed by atoms with Crippen molar-refractivity contribution in [3.05, 3.63) is 30.3 Å². The highest BCUT2D eigenvalue weighted by Crippen LogP contribution is 2.06. The highest BCUT2D eigenvalue weighted by Gasteiger charge is 1.83. The summed E-state index contributed by atoms with van der Waals surface area (Å²) < 4.78 is 5.34. The van der Waals surface area contributed by atoms with Crippen molar-refractivity contribution in [2.45, 2.75) is 6.55 Å². The highest BCUT2D eigenvalue weighted by atomic mass is 35.5. The van der Waals surface area contributed by atoms with Gasteiger partial charge in [-0.15, -0.1) is 24.8 Å². The lowest BCUT2D eigenvalue weighted by Gasteiger charge is -1.99. The van der Waals surface area contributed by atoms with Crippen LogP contribution in [-0.4, -0.2) is 9.76 Å². The van der Waals surface area contributed by atoms with Gasteiger partial charge < -0.3 is 4.43 Å². The number of hydrogen-bond donors (Lipinski definition) is 0. The SMILES string of the molecule is C[SiH2]Oc1ccccc1.Cl.Cl. The minimum absolute atomic E-state index is 0. The minimum Gasteiger partial charge on any atom is -0.550 e. The maximum absolute atomic E-state index is 5.34. The quantitative estimate of drug-likeness (QED) is 0.680. The Hall–Kier alpha value is -0.183. The standard InChI is InChI=1S/C7H10OSi.2ClH/c1-9-8-7-5-3-2-4-6-7;;/h2-6H,9H2,1H3;2*1H. The molecule has 1 aromatic rings. The molecule has 0 aromatic heterocycles. The van der Waals surface area contributed by atoms with Crippen molar-refractivity contribution in [1.82, 2.24) is 0 Å². The Morgan fingerprint density at radius 3 is 2.09 bits per heavy atom. The maximum Gasteiger partial charge on any atom is 0.216 e. The summed E-state index contributed by atoms with van der Waals surface area (Å²) in [6, 6.07) is 9.93. The Kier molecular flexibility index (Phi) is 9.65. The normalized spacial score (nSPS) is 8.45. The third-order valence-electron chi connectivity index (χ3n) is 1.05. The van der Waals surface area contributed by atoms with E-state index in [1.807, 2.05) is 30.3 Å². The second-order valence-electron chi connectivity index (χ2n) is 1.75. The average molecular weight is 211 g/mol. The van der Waals surface area contributed by atoms with Crippen molar-refractivity contribution in [3.63, 3.8) is 0 Å². The predicted molar refractivity (Wildman–Crippen MR) is 56.0 cm³/mol. The third kappa shape index (κ3) is 5.13. The van der Waals surface area contributed by atoms with Gasteiger partial charge in [-0.25, -0.2) is 0 Å². The summed E-state index contributed by atoms with van der Waals surface area (Å²) in [5.41, 5.74) is 0. The monoisotopic (exact) mass is 210 g/mol. The van der Waals surface area contributed by atoms with E-state index in [-0.39, 0.29) is 34.6 Å². The van der Waals surface area contributed by atoms with Gasteiger partial charge in [0.15, 0.2) is 0 Å².